The highest BCUT2D eigenvalue weighted by Crippen LogP contribution is 2.40. The highest BCUT2D eigenvalue weighted by molar-refractivity contribution is 7.80. The Kier molecular flexibility index (Phi) is 4.72. The lowest BCUT2D eigenvalue weighted by molar-refractivity contribution is 0.280. The van der Waals surface area contributed by atoms with Gasteiger partial charge in [0.25, 0.3) is 0 Å². The van der Waals surface area contributed by atoms with E-state index in [4.69, 9.17) is 16.6 Å². The van der Waals surface area contributed by atoms with E-state index in [9.17, 15) is 5.11 Å². The fourth-order valence-electron chi connectivity index (χ4n) is 3.95. The number of nitrogens with one attached hydrogen (secondary N) is 1. The predicted molar refractivity (Wildman–Crippen MR) is 117 cm³/mol. The van der Waals surface area contributed by atoms with Gasteiger partial charge in [0.1, 0.15) is 11.5 Å². The number of benzene rings is 1. The molecule has 2 atom stereocenters. The molecule has 1 aliphatic heterocycles. The minimum absolute atomic E-state index is 0.0960. The fourth-order valence-corrected chi connectivity index (χ4v) is 4.26. The zero-order chi connectivity index (χ0) is 20.5. The summed E-state index contributed by atoms with van der Waals surface area (Å²) < 4.78 is 7.72. The molecule has 5 rings (SSSR count). The number of aromatic hydroxyl groups is 1. The van der Waals surface area contributed by atoms with Crippen LogP contribution in [0.25, 0.3) is 5.69 Å². The fraction of sp³-hybridized carbons (Fsp3) is 0.130. The Hall–Kier alpha value is -3.58. The summed E-state index contributed by atoms with van der Waals surface area (Å²) in [6, 6.07) is 20.8. The number of thiocarbonyl (C=S) groups is 1. The topological polar surface area (TPSA) is 66.5 Å². The molecule has 3 aromatic heterocycles. The monoisotopic (exact) mass is 416 g/mol. The number of aromatic nitrogens is 2. The molecule has 4 aromatic rings. The van der Waals surface area contributed by atoms with Crippen molar-refractivity contribution in [3.8, 4) is 11.4 Å². The second-order valence-corrected chi connectivity index (χ2v) is 7.54. The van der Waals surface area contributed by atoms with Crippen LogP contribution < -0.4 is 5.32 Å². The summed E-state index contributed by atoms with van der Waals surface area (Å²) in [6.45, 7) is 0.549. The van der Waals surface area contributed by atoms with Crippen molar-refractivity contribution in [1.29, 1.82) is 0 Å². The second kappa shape index (κ2) is 7.68. The molecule has 0 aliphatic carbocycles. The summed E-state index contributed by atoms with van der Waals surface area (Å²) in [5.41, 5.74) is 2.95. The molecule has 7 heteroatoms. The van der Waals surface area contributed by atoms with Gasteiger partial charge in [-0.1, -0.05) is 6.07 Å². The molecule has 1 saturated heterocycles. The van der Waals surface area contributed by atoms with E-state index >= 15 is 0 Å². The number of rotatable bonds is 5. The molecule has 0 radical (unpaired) electrons. The number of pyridine rings is 1. The van der Waals surface area contributed by atoms with Crippen LogP contribution in [-0.2, 0) is 6.54 Å². The van der Waals surface area contributed by atoms with E-state index < -0.39 is 0 Å². The molecule has 1 aliphatic rings. The van der Waals surface area contributed by atoms with Crippen LogP contribution in [0.5, 0.6) is 5.75 Å². The first-order chi connectivity index (χ1) is 14.7. The molecule has 0 saturated carbocycles. The molecule has 150 valence electrons. The third kappa shape index (κ3) is 3.33. The van der Waals surface area contributed by atoms with Crippen LogP contribution in [-0.4, -0.2) is 24.7 Å². The summed E-state index contributed by atoms with van der Waals surface area (Å²) in [7, 11) is 0. The van der Waals surface area contributed by atoms with E-state index in [1.54, 1.807) is 24.6 Å². The highest BCUT2D eigenvalue weighted by Gasteiger charge is 2.41. The van der Waals surface area contributed by atoms with Gasteiger partial charge in [-0.25, -0.2) is 0 Å². The molecule has 4 heterocycles. The van der Waals surface area contributed by atoms with Gasteiger partial charge in [0, 0.05) is 23.8 Å². The molecule has 0 unspecified atom stereocenters. The predicted octanol–water partition coefficient (Wildman–Crippen LogP) is 4.34. The largest absolute Gasteiger partial charge is 0.508 e. The minimum Gasteiger partial charge on any atom is -0.508 e. The first kappa shape index (κ1) is 18.4. The third-order valence-electron chi connectivity index (χ3n) is 5.32. The molecular formula is C23H20N4O2S. The Morgan fingerprint density at radius 1 is 1.03 bits per heavy atom. The maximum absolute atomic E-state index is 9.68. The van der Waals surface area contributed by atoms with Gasteiger partial charge >= 0.3 is 0 Å². The van der Waals surface area contributed by atoms with E-state index in [1.165, 1.54) is 0 Å². The van der Waals surface area contributed by atoms with Crippen molar-refractivity contribution in [2.45, 2.75) is 18.6 Å². The zero-order valence-corrected chi connectivity index (χ0v) is 16.9. The van der Waals surface area contributed by atoms with Gasteiger partial charge in [0.2, 0.25) is 0 Å². The second-order valence-electron chi connectivity index (χ2n) is 7.15. The molecule has 2 N–H and O–H groups in total. The van der Waals surface area contributed by atoms with Crippen molar-refractivity contribution in [1.82, 2.24) is 19.8 Å². The Labute approximate surface area is 179 Å². The molecule has 1 fully saturated rings. The molecule has 6 nitrogen and oxygen atoms in total. The highest BCUT2D eigenvalue weighted by atomic mass is 32.1. The van der Waals surface area contributed by atoms with E-state index in [-0.39, 0.29) is 17.8 Å². The Morgan fingerprint density at radius 2 is 1.90 bits per heavy atom. The number of hydrogen-bond donors (Lipinski definition) is 2. The summed E-state index contributed by atoms with van der Waals surface area (Å²) in [5, 5.41) is 13.8. The molecule has 0 bridgehead atoms. The SMILES string of the molecule is Oc1ccc(-n2cccc2[C@H]2[C@H](c3ccccn3)NC(=S)N2Cc2ccco2)cc1. The van der Waals surface area contributed by atoms with Gasteiger partial charge in [-0.15, -0.1) is 0 Å². The molecule has 0 amide bonds. The van der Waals surface area contributed by atoms with Crippen molar-refractivity contribution < 1.29 is 9.52 Å². The van der Waals surface area contributed by atoms with Crippen molar-refractivity contribution in [2.24, 2.45) is 0 Å². The van der Waals surface area contributed by atoms with E-state index in [0.29, 0.717) is 11.7 Å². The standard InChI is InChI=1S/C23H20N4O2S/c28-17-10-8-16(9-11-17)26-13-3-7-20(26)22-21(19-6-1-2-12-24-19)25-23(30)27(22)15-18-5-4-14-29-18/h1-14,21-22,28H,15H2,(H,25,30)/t21-,22-/m0/s1. The lowest BCUT2D eigenvalue weighted by Gasteiger charge is -2.28. The maximum atomic E-state index is 9.68. The van der Waals surface area contributed by atoms with Crippen molar-refractivity contribution in [2.75, 3.05) is 0 Å². The van der Waals surface area contributed by atoms with Gasteiger partial charge in [-0.05, 0) is 72.9 Å². The van der Waals surface area contributed by atoms with E-state index in [2.05, 4.69) is 25.8 Å². The molecular weight excluding hydrogens is 396 g/mol. The summed E-state index contributed by atoms with van der Waals surface area (Å²) in [4.78, 5) is 6.72. The quantitative estimate of drug-likeness (QED) is 0.472. The number of furan rings is 1. The van der Waals surface area contributed by atoms with Crippen LogP contribution in [0.3, 0.4) is 0 Å². The van der Waals surface area contributed by atoms with Crippen LogP contribution >= 0.6 is 12.2 Å². The Bertz CT molecular complexity index is 1140. The van der Waals surface area contributed by atoms with Crippen LogP contribution in [0.2, 0.25) is 0 Å². The van der Waals surface area contributed by atoms with Crippen LogP contribution in [0.15, 0.2) is 89.8 Å². The Morgan fingerprint density at radius 3 is 2.63 bits per heavy atom. The minimum atomic E-state index is -0.112. The van der Waals surface area contributed by atoms with Crippen LogP contribution in [0, 0.1) is 0 Å². The van der Waals surface area contributed by atoms with E-state index in [1.807, 2.05) is 54.7 Å². The maximum Gasteiger partial charge on any atom is 0.170 e. The van der Waals surface area contributed by atoms with Crippen LogP contribution in [0.1, 0.15) is 29.2 Å². The lowest BCUT2D eigenvalue weighted by atomic mass is 10.0. The zero-order valence-electron chi connectivity index (χ0n) is 16.1. The van der Waals surface area contributed by atoms with E-state index in [0.717, 1.165) is 22.8 Å². The number of hydrogen-bond acceptors (Lipinski definition) is 4. The average Bonchev–Trinajstić information content (AvgIpc) is 3.51. The Balaban J connectivity index is 1.60. The van der Waals surface area contributed by atoms with Crippen molar-refractivity contribution in [3.63, 3.8) is 0 Å². The average molecular weight is 417 g/mol. The molecule has 0 spiro atoms. The van der Waals surface area contributed by atoms with Crippen molar-refractivity contribution in [3.05, 3.63) is 103 Å². The number of phenols is 1. The number of nitrogens with zero attached hydrogens (tertiary/aromatic N) is 3. The normalized spacial score (nSPS) is 18.5. The number of phenolic OH excluding ortho intramolecular Hbond substituents is 1. The van der Waals surface area contributed by atoms with Gasteiger partial charge in [-0.2, -0.15) is 0 Å². The molecule has 30 heavy (non-hydrogen) atoms. The van der Waals surface area contributed by atoms with Gasteiger partial charge < -0.3 is 24.3 Å². The first-order valence-corrected chi connectivity index (χ1v) is 10.1. The van der Waals surface area contributed by atoms with Gasteiger partial charge in [0.05, 0.1) is 30.6 Å². The smallest absolute Gasteiger partial charge is 0.170 e. The summed E-state index contributed by atoms with van der Waals surface area (Å²) in [5.74, 6) is 1.08. The van der Waals surface area contributed by atoms with Gasteiger partial charge in [0.15, 0.2) is 5.11 Å². The van der Waals surface area contributed by atoms with Crippen molar-refractivity contribution >= 4 is 17.3 Å². The lowest BCUT2D eigenvalue weighted by Crippen LogP contribution is -2.29. The first-order valence-electron chi connectivity index (χ1n) is 9.68. The summed E-state index contributed by atoms with van der Waals surface area (Å²) >= 11 is 5.72. The van der Waals surface area contributed by atoms with Gasteiger partial charge in [-0.3, -0.25) is 4.98 Å². The van der Waals surface area contributed by atoms with Crippen LogP contribution in [0.4, 0.5) is 0 Å². The molecule has 1 aromatic carbocycles. The summed E-state index contributed by atoms with van der Waals surface area (Å²) in [6.07, 6.45) is 5.49. The third-order valence-corrected chi connectivity index (χ3v) is 5.67.